The van der Waals surface area contributed by atoms with Gasteiger partial charge in [-0.25, -0.2) is 13.2 Å². The van der Waals surface area contributed by atoms with E-state index < -0.39 is 15.8 Å². The second-order valence-corrected chi connectivity index (χ2v) is 12.6. The molecule has 0 aliphatic carbocycles. The van der Waals surface area contributed by atoms with E-state index in [1.54, 1.807) is 25.1 Å². The third-order valence-electron chi connectivity index (χ3n) is 7.67. The quantitative estimate of drug-likeness (QED) is 0.383. The molecule has 2 N–H and O–H groups in total. The Bertz CT molecular complexity index is 1500. The van der Waals surface area contributed by atoms with Crippen LogP contribution in [0.1, 0.15) is 46.5 Å². The minimum Gasteiger partial charge on any atom is -0.507 e. The van der Waals surface area contributed by atoms with E-state index >= 15 is 0 Å². The highest BCUT2D eigenvalue weighted by atomic mass is 32.2. The van der Waals surface area contributed by atoms with Gasteiger partial charge in [-0.3, -0.25) is 9.80 Å². The molecule has 3 aromatic carbocycles. The van der Waals surface area contributed by atoms with Crippen molar-refractivity contribution < 1.29 is 23.4 Å². The van der Waals surface area contributed by atoms with Crippen LogP contribution in [0.3, 0.4) is 0 Å². The Morgan fingerprint density at radius 3 is 2.16 bits per heavy atom. The molecule has 37 heavy (non-hydrogen) atoms. The van der Waals surface area contributed by atoms with Gasteiger partial charge in [0.2, 0.25) is 9.84 Å². The lowest BCUT2D eigenvalue weighted by Gasteiger charge is -2.47. The third-order valence-corrected chi connectivity index (χ3v) is 9.90. The smallest absolute Gasteiger partial charge is 0.335 e. The molecule has 2 bridgehead atoms. The van der Waals surface area contributed by atoms with E-state index in [0.717, 1.165) is 42.9 Å². The van der Waals surface area contributed by atoms with Crippen molar-refractivity contribution in [3.8, 4) is 16.9 Å². The summed E-state index contributed by atoms with van der Waals surface area (Å²) in [7, 11) is -3.42. The fourth-order valence-corrected chi connectivity index (χ4v) is 7.82. The molecule has 3 aliphatic heterocycles. The molecule has 3 heterocycles. The first-order valence-corrected chi connectivity index (χ1v) is 13.9. The fraction of sp³-hybridized carbons (Fsp3) is 0.345. The Morgan fingerprint density at radius 1 is 0.919 bits per heavy atom. The van der Waals surface area contributed by atoms with E-state index in [1.807, 2.05) is 37.3 Å². The number of sulfone groups is 1. The molecule has 7 nitrogen and oxygen atoms in total. The minimum atomic E-state index is -3.42. The standard InChI is InChI=1S/C29H32N2O5S/c1-18-13-24(27-19(2)26(18)37(27,35)36)23-10-7-21(14-25(23)32)15-30-11-12-31(29(3,4)17-30)16-20-5-8-22(9-6-20)28(33)34/h5-10,13-14,32H,11-12,15-17H2,1-4H3,(H,33,34). The van der Waals surface area contributed by atoms with Gasteiger partial charge in [0.05, 0.1) is 15.4 Å². The number of phenols is 1. The monoisotopic (exact) mass is 520 g/mol. The van der Waals surface area contributed by atoms with Crippen LogP contribution in [0.5, 0.6) is 5.75 Å². The molecule has 194 valence electrons. The summed E-state index contributed by atoms with van der Waals surface area (Å²) in [6.45, 7) is 12.0. The molecule has 0 spiro atoms. The van der Waals surface area contributed by atoms with Crippen LogP contribution in [0, 0.1) is 13.8 Å². The van der Waals surface area contributed by atoms with Crippen molar-refractivity contribution in [3.05, 3.63) is 76.3 Å². The lowest BCUT2D eigenvalue weighted by atomic mass is 9.96. The molecule has 0 saturated carbocycles. The van der Waals surface area contributed by atoms with E-state index in [4.69, 9.17) is 5.11 Å². The van der Waals surface area contributed by atoms with Gasteiger partial charge in [-0.2, -0.15) is 0 Å². The van der Waals surface area contributed by atoms with Crippen LogP contribution in [0.2, 0.25) is 0 Å². The van der Waals surface area contributed by atoms with Crippen LogP contribution < -0.4 is 0 Å². The number of carbonyl (C=O) groups is 1. The zero-order chi connectivity index (χ0) is 26.7. The first kappa shape index (κ1) is 25.4. The highest BCUT2D eigenvalue weighted by molar-refractivity contribution is 7.93. The van der Waals surface area contributed by atoms with Gasteiger partial charge in [0.1, 0.15) is 5.75 Å². The van der Waals surface area contributed by atoms with Gasteiger partial charge in [-0.15, -0.1) is 0 Å². The summed E-state index contributed by atoms with van der Waals surface area (Å²) in [6, 6.07) is 14.4. The topological polar surface area (TPSA) is 98.2 Å². The Kier molecular flexibility index (Phi) is 6.17. The van der Waals surface area contributed by atoms with Crippen molar-refractivity contribution >= 4 is 15.8 Å². The number of nitrogens with zero attached hydrogens (tertiary/aromatic N) is 2. The van der Waals surface area contributed by atoms with Gasteiger partial charge in [-0.05, 0) is 74.2 Å². The average Bonchev–Trinajstić information content (AvgIpc) is 2.80. The predicted octanol–water partition coefficient (Wildman–Crippen LogP) is 4.62. The van der Waals surface area contributed by atoms with Gasteiger partial charge >= 0.3 is 5.97 Å². The number of carboxylic acids is 1. The molecular weight excluding hydrogens is 488 g/mol. The molecule has 3 aliphatic rings. The molecule has 0 amide bonds. The number of piperazine rings is 1. The molecule has 0 unspecified atom stereocenters. The first-order valence-electron chi connectivity index (χ1n) is 12.4. The maximum atomic E-state index is 12.6. The number of benzene rings is 3. The van der Waals surface area contributed by atoms with Crippen molar-refractivity contribution in [2.45, 2.75) is 56.1 Å². The number of hydrogen-bond donors (Lipinski definition) is 2. The fourth-order valence-electron chi connectivity index (χ4n) is 5.82. The highest BCUT2D eigenvalue weighted by Gasteiger charge is 2.39. The van der Waals surface area contributed by atoms with E-state index in [-0.39, 0.29) is 11.3 Å². The van der Waals surface area contributed by atoms with Crippen LogP contribution in [-0.4, -0.2) is 59.6 Å². The molecular formula is C29H32N2O5S. The van der Waals surface area contributed by atoms with E-state index in [9.17, 15) is 18.3 Å². The molecule has 0 atom stereocenters. The Labute approximate surface area is 217 Å². The number of rotatable bonds is 6. The lowest BCUT2D eigenvalue weighted by molar-refractivity contribution is 0.0103. The number of aromatic hydroxyl groups is 1. The van der Waals surface area contributed by atoms with Crippen LogP contribution in [0.15, 0.2) is 58.3 Å². The van der Waals surface area contributed by atoms with Crippen molar-refractivity contribution in [1.29, 1.82) is 0 Å². The van der Waals surface area contributed by atoms with Gasteiger partial charge in [0.15, 0.2) is 0 Å². The number of hydrogen-bond acceptors (Lipinski definition) is 6. The number of carboxylic acid groups (broad SMARTS) is 1. The van der Waals surface area contributed by atoms with Crippen LogP contribution >= 0.6 is 0 Å². The highest BCUT2D eigenvalue weighted by Crippen LogP contribution is 2.48. The van der Waals surface area contributed by atoms with Gasteiger partial charge < -0.3 is 10.2 Å². The summed E-state index contributed by atoms with van der Waals surface area (Å²) < 4.78 is 25.3. The van der Waals surface area contributed by atoms with Gasteiger partial charge in [0.25, 0.3) is 0 Å². The summed E-state index contributed by atoms with van der Waals surface area (Å²) >= 11 is 0. The molecule has 1 saturated heterocycles. The normalized spacial score (nSPS) is 18.4. The Balaban J connectivity index is 1.28. The third kappa shape index (κ3) is 4.43. The second-order valence-electron chi connectivity index (χ2n) is 10.8. The average molecular weight is 521 g/mol. The summed E-state index contributed by atoms with van der Waals surface area (Å²) in [4.78, 5) is 16.6. The van der Waals surface area contributed by atoms with Crippen LogP contribution in [0.25, 0.3) is 11.1 Å². The van der Waals surface area contributed by atoms with Crippen molar-refractivity contribution in [1.82, 2.24) is 9.80 Å². The predicted molar refractivity (Wildman–Crippen MR) is 142 cm³/mol. The maximum absolute atomic E-state index is 12.6. The van der Waals surface area contributed by atoms with Crippen LogP contribution in [-0.2, 0) is 22.9 Å². The largest absolute Gasteiger partial charge is 0.507 e. The van der Waals surface area contributed by atoms with Gasteiger partial charge in [-0.1, -0.05) is 24.3 Å². The number of aromatic carboxylic acids is 1. The molecule has 1 fully saturated rings. The maximum Gasteiger partial charge on any atom is 0.335 e. The zero-order valence-electron chi connectivity index (χ0n) is 21.6. The SMILES string of the molecule is Cc1cc(-c2ccc(CN3CCN(Cc4ccc(C(=O)O)cc4)C(C)(C)C3)cc2O)c2c(C)c1S2(=O)=O. The number of phenolic OH excluding ortho intramolecular Hbond substituents is 1. The molecule has 6 rings (SSSR count). The van der Waals surface area contributed by atoms with E-state index in [0.29, 0.717) is 38.6 Å². The van der Waals surface area contributed by atoms with E-state index in [1.165, 1.54) is 0 Å². The summed E-state index contributed by atoms with van der Waals surface area (Å²) in [5.41, 5.74) is 4.85. The van der Waals surface area contributed by atoms with Crippen LogP contribution in [0.4, 0.5) is 0 Å². The van der Waals surface area contributed by atoms with Gasteiger partial charge in [0, 0.05) is 49.4 Å². The van der Waals surface area contributed by atoms with Crippen molar-refractivity contribution in [2.24, 2.45) is 0 Å². The Hall–Kier alpha value is -3.20. The van der Waals surface area contributed by atoms with Crippen molar-refractivity contribution in [2.75, 3.05) is 19.6 Å². The minimum absolute atomic E-state index is 0.0881. The lowest BCUT2D eigenvalue weighted by Crippen LogP contribution is -2.58. The molecule has 8 heteroatoms. The number of fused-ring (bicyclic) bond motifs is 2. The molecule has 0 radical (unpaired) electrons. The summed E-state index contributed by atoms with van der Waals surface area (Å²) in [5, 5.41) is 20.0. The first-order chi connectivity index (χ1) is 17.4. The molecule has 3 aromatic rings. The Morgan fingerprint density at radius 2 is 1.59 bits per heavy atom. The zero-order valence-corrected chi connectivity index (χ0v) is 22.4. The summed E-state index contributed by atoms with van der Waals surface area (Å²) in [6.07, 6.45) is 0. The summed E-state index contributed by atoms with van der Waals surface area (Å²) in [5.74, 6) is -0.832. The number of aryl methyl sites for hydroxylation is 2. The molecule has 0 aromatic heterocycles. The van der Waals surface area contributed by atoms with Crippen molar-refractivity contribution in [3.63, 3.8) is 0 Å². The van der Waals surface area contributed by atoms with E-state index in [2.05, 4.69) is 23.6 Å². The second kappa shape index (κ2) is 8.97.